The Morgan fingerprint density at radius 2 is 1.76 bits per heavy atom. The number of benzene rings is 1. The van der Waals surface area contributed by atoms with Gasteiger partial charge in [-0.05, 0) is 49.2 Å². The van der Waals surface area contributed by atoms with E-state index in [2.05, 4.69) is 29.6 Å². The summed E-state index contributed by atoms with van der Waals surface area (Å²) in [6.45, 7) is 0.586. The maximum Gasteiger partial charge on any atom is 0.129 e. The van der Waals surface area contributed by atoms with Crippen LogP contribution in [0.15, 0.2) is 45.7 Å². The first-order valence-corrected chi connectivity index (χ1v) is 8.40. The molecule has 1 aliphatic carbocycles. The molecule has 0 saturated heterocycles. The molecule has 4 heteroatoms. The topological polar surface area (TPSA) is 45.4 Å². The van der Waals surface area contributed by atoms with Crippen molar-refractivity contribution in [2.45, 2.75) is 49.0 Å². The normalized spacial score (nSPS) is 15.5. The van der Waals surface area contributed by atoms with E-state index in [1.807, 2.05) is 17.8 Å². The summed E-state index contributed by atoms with van der Waals surface area (Å²) < 4.78 is 5.45. The number of rotatable bonds is 6. The van der Waals surface area contributed by atoms with Gasteiger partial charge in [-0.25, -0.2) is 0 Å². The van der Waals surface area contributed by atoms with Crippen molar-refractivity contribution in [2.75, 3.05) is 5.32 Å². The lowest BCUT2D eigenvalue weighted by atomic mass is 10.3. The van der Waals surface area contributed by atoms with Crippen LogP contribution >= 0.6 is 11.8 Å². The first-order valence-electron chi connectivity index (χ1n) is 7.52. The van der Waals surface area contributed by atoms with Crippen LogP contribution in [-0.2, 0) is 13.2 Å². The molecule has 0 unspecified atom stereocenters. The molecule has 1 aliphatic rings. The molecule has 2 N–H and O–H groups in total. The summed E-state index contributed by atoms with van der Waals surface area (Å²) in [6, 6.07) is 12.3. The minimum Gasteiger partial charge on any atom is -0.462 e. The van der Waals surface area contributed by atoms with Gasteiger partial charge >= 0.3 is 0 Å². The van der Waals surface area contributed by atoms with Crippen molar-refractivity contribution in [1.29, 1.82) is 0 Å². The number of aliphatic hydroxyl groups is 1. The van der Waals surface area contributed by atoms with Crippen LogP contribution in [0.5, 0.6) is 0 Å². The van der Waals surface area contributed by atoms with Gasteiger partial charge in [0, 0.05) is 15.8 Å². The highest BCUT2D eigenvalue weighted by Crippen LogP contribution is 2.34. The Kier molecular flexibility index (Phi) is 4.88. The Bertz CT molecular complexity index is 558. The Hall–Kier alpha value is -1.39. The van der Waals surface area contributed by atoms with Gasteiger partial charge in [0.25, 0.3) is 0 Å². The molecule has 1 saturated carbocycles. The Labute approximate surface area is 129 Å². The summed E-state index contributed by atoms with van der Waals surface area (Å²) in [7, 11) is 0. The summed E-state index contributed by atoms with van der Waals surface area (Å²) in [5.41, 5.74) is 1.09. The smallest absolute Gasteiger partial charge is 0.129 e. The van der Waals surface area contributed by atoms with Crippen molar-refractivity contribution < 1.29 is 9.52 Å². The van der Waals surface area contributed by atoms with Gasteiger partial charge in [0.05, 0.1) is 6.54 Å². The van der Waals surface area contributed by atoms with Gasteiger partial charge in [0.15, 0.2) is 0 Å². The predicted octanol–water partition coefficient (Wildman–Crippen LogP) is 4.42. The number of hydrogen-bond donors (Lipinski definition) is 2. The first kappa shape index (κ1) is 14.5. The molecule has 0 radical (unpaired) electrons. The molecule has 3 nitrogen and oxygen atoms in total. The maximum atomic E-state index is 8.97. The van der Waals surface area contributed by atoms with E-state index in [-0.39, 0.29) is 6.61 Å². The second kappa shape index (κ2) is 7.05. The van der Waals surface area contributed by atoms with E-state index in [0.29, 0.717) is 12.3 Å². The molecule has 0 amide bonds. The van der Waals surface area contributed by atoms with Gasteiger partial charge in [0.2, 0.25) is 0 Å². The van der Waals surface area contributed by atoms with E-state index in [9.17, 15) is 0 Å². The number of hydrogen-bond acceptors (Lipinski definition) is 4. The van der Waals surface area contributed by atoms with E-state index in [0.717, 1.165) is 16.7 Å². The van der Waals surface area contributed by atoms with Gasteiger partial charge in [-0.3, -0.25) is 0 Å². The highest BCUT2D eigenvalue weighted by Gasteiger charge is 2.15. The molecule has 2 aromatic rings. The monoisotopic (exact) mass is 303 g/mol. The molecule has 0 spiro atoms. The van der Waals surface area contributed by atoms with Gasteiger partial charge in [-0.1, -0.05) is 12.8 Å². The number of aliphatic hydroxyl groups excluding tert-OH is 1. The van der Waals surface area contributed by atoms with Gasteiger partial charge < -0.3 is 14.8 Å². The third kappa shape index (κ3) is 4.05. The highest BCUT2D eigenvalue weighted by atomic mass is 32.2. The minimum absolute atomic E-state index is 0.0485. The third-order valence-corrected chi connectivity index (χ3v) is 5.15. The second-order valence-electron chi connectivity index (χ2n) is 5.43. The Morgan fingerprint density at radius 1 is 1.05 bits per heavy atom. The minimum atomic E-state index is -0.0485. The van der Waals surface area contributed by atoms with Crippen LogP contribution in [-0.4, -0.2) is 10.4 Å². The maximum absolute atomic E-state index is 8.97. The Morgan fingerprint density at radius 3 is 2.43 bits per heavy atom. The van der Waals surface area contributed by atoms with E-state index < -0.39 is 0 Å². The largest absolute Gasteiger partial charge is 0.462 e. The summed E-state index contributed by atoms with van der Waals surface area (Å²) in [5, 5.41) is 13.1. The molecule has 0 bridgehead atoms. The average Bonchev–Trinajstić information content (AvgIpc) is 3.18. The van der Waals surface area contributed by atoms with Crippen molar-refractivity contribution in [2.24, 2.45) is 0 Å². The molecule has 3 rings (SSSR count). The fourth-order valence-corrected chi connectivity index (χ4v) is 3.89. The third-order valence-electron chi connectivity index (χ3n) is 3.80. The molecule has 0 atom stereocenters. The molecule has 112 valence electrons. The van der Waals surface area contributed by atoms with Crippen molar-refractivity contribution >= 4 is 17.4 Å². The van der Waals surface area contributed by atoms with Crippen molar-refractivity contribution in [3.63, 3.8) is 0 Å². The van der Waals surface area contributed by atoms with E-state index in [1.54, 1.807) is 6.07 Å². The Balaban J connectivity index is 1.51. The molecule has 1 aromatic heterocycles. The molecular weight excluding hydrogens is 282 g/mol. The SMILES string of the molecule is OCc1ccc(CNc2ccc(SC3CCCC3)cc2)o1. The van der Waals surface area contributed by atoms with Crippen LogP contribution in [0.1, 0.15) is 37.2 Å². The molecule has 1 heterocycles. The van der Waals surface area contributed by atoms with Crippen LogP contribution in [0.4, 0.5) is 5.69 Å². The van der Waals surface area contributed by atoms with Gasteiger partial charge in [-0.2, -0.15) is 0 Å². The lowest BCUT2D eigenvalue weighted by Crippen LogP contribution is -1.98. The van der Waals surface area contributed by atoms with Crippen molar-refractivity contribution in [3.8, 4) is 0 Å². The summed E-state index contributed by atoms with van der Waals surface area (Å²) >= 11 is 2.01. The summed E-state index contributed by atoms with van der Waals surface area (Å²) in [5.74, 6) is 1.44. The lowest BCUT2D eigenvalue weighted by molar-refractivity contribution is 0.244. The molecule has 1 aromatic carbocycles. The fourth-order valence-electron chi connectivity index (χ4n) is 2.64. The molecule has 21 heavy (non-hydrogen) atoms. The number of nitrogens with one attached hydrogen (secondary N) is 1. The lowest BCUT2D eigenvalue weighted by Gasteiger charge is -2.10. The zero-order chi connectivity index (χ0) is 14.5. The summed E-state index contributed by atoms with van der Waals surface area (Å²) in [6.07, 6.45) is 5.49. The summed E-state index contributed by atoms with van der Waals surface area (Å²) in [4.78, 5) is 1.35. The van der Waals surface area contributed by atoms with Crippen molar-refractivity contribution in [3.05, 3.63) is 47.9 Å². The second-order valence-corrected chi connectivity index (χ2v) is 6.80. The van der Waals surface area contributed by atoms with Crippen molar-refractivity contribution in [1.82, 2.24) is 0 Å². The zero-order valence-electron chi connectivity index (χ0n) is 12.0. The average molecular weight is 303 g/mol. The number of thioether (sulfide) groups is 1. The molecular formula is C17H21NO2S. The zero-order valence-corrected chi connectivity index (χ0v) is 12.9. The van der Waals surface area contributed by atoms with Gasteiger partial charge in [0.1, 0.15) is 18.1 Å². The quantitative estimate of drug-likeness (QED) is 0.829. The number of anilines is 1. The molecule has 0 aliphatic heterocycles. The van der Waals surface area contributed by atoms with Crippen LogP contribution in [0.25, 0.3) is 0 Å². The molecule has 1 fully saturated rings. The van der Waals surface area contributed by atoms with E-state index >= 15 is 0 Å². The standard InChI is InChI=1S/C17H21NO2S/c19-12-15-8-7-14(20-15)11-18-13-5-9-17(10-6-13)21-16-3-1-2-4-16/h5-10,16,18-19H,1-4,11-12H2. The predicted molar refractivity (Wildman–Crippen MR) is 86.5 cm³/mol. The van der Waals surface area contributed by atoms with Crippen LogP contribution in [0.2, 0.25) is 0 Å². The van der Waals surface area contributed by atoms with Crippen LogP contribution in [0, 0.1) is 0 Å². The van der Waals surface area contributed by atoms with Gasteiger partial charge in [-0.15, -0.1) is 11.8 Å². The van der Waals surface area contributed by atoms with Crippen LogP contribution in [0.3, 0.4) is 0 Å². The number of furan rings is 1. The first-order chi connectivity index (χ1) is 10.3. The van der Waals surface area contributed by atoms with E-state index in [4.69, 9.17) is 9.52 Å². The fraction of sp³-hybridized carbons (Fsp3) is 0.412. The van der Waals surface area contributed by atoms with Crippen LogP contribution < -0.4 is 5.32 Å². The van der Waals surface area contributed by atoms with E-state index in [1.165, 1.54) is 30.6 Å². The highest BCUT2D eigenvalue weighted by molar-refractivity contribution is 8.00.